The van der Waals surface area contributed by atoms with Gasteiger partial charge in [-0.15, -0.1) is 6.58 Å². The molecule has 0 aliphatic heterocycles. The van der Waals surface area contributed by atoms with Gasteiger partial charge in [0.05, 0.1) is 6.10 Å². The molecule has 0 radical (unpaired) electrons. The molecule has 88 valence electrons. The summed E-state index contributed by atoms with van der Waals surface area (Å²) in [7, 11) is -2.01. The van der Waals surface area contributed by atoms with Crippen LogP contribution in [0.1, 0.15) is 25.7 Å². The van der Waals surface area contributed by atoms with Crippen molar-refractivity contribution in [2.45, 2.75) is 37.0 Å². The van der Waals surface area contributed by atoms with Crippen LogP contribution in [0.3, 0.4) is 0 Å². The van der Waals surface area contributed by atoms with E-state index in [0.717, 1.165) is 12.8 Å². The van der Waals surface area contributed by atoms with E-state index in [1.807, 2.05) is 0 Å². The third kappa shape index (κ3) is 3.93. The zero-order chi connectivity index (χ0) is 11.5. The lowest BCUT2D eigenvalue weighted by molar-refractivity contribution is 0.0971. The topological polar surface area (TPSA) is 69.4 Å². The fourth-order valence-electron chi connectivity index (χ4n) is 1.74. The van der Waals surface area contributed by atoms with Crippen molar-refractivity contribution in [1.82, 2.24) is 0 Å². The second-order valence-electron chi connectivity index (χ2n) is 4.11. The molecular weight excluding hydrogens is 214 g/mol. The number of methoxy groups -OCH3 is 1. The predicted octanol–water partition coefficient (Wildman–Crippen LogP) is 1.03. The van der Waals surface area contributed by atoms with Gasteiger partial charge in [0, 0.05) is 7.11 Å². The maximum atomic E-state index is 11.4. The van der Waals surface area contributed by atoms with Crippen LogP contribution in [0, 0.1) is 5.92 Å². The molecule has 0 unspecified atom stereocenters. The van der Waals surface area contributed by atoms with Crippen LogP contribution in [0.25, 0.3) is 0 Å². The summed E-state index contributed by atoms with van der Waals surface area (Å²) in [5, 5.41) is 4.63. The fourth-order valence-corrected chi connectivity index (χ4v) is 2.93. The number of rotatable bonds is 7. The van der Waals surface area contributed by atoms with Gasteiger partial charge in [-0.05, 0) is 18.8 Å². The average molecular weight is 233 g/mol. The van der Waals surface area contributed by atoms with Crippen LogP contribution in [0.5, 0.6) is 0 Å². The summed E-state index contributed by atoms with van der Waals surface area (Å²) in [6.45, 7) is 3.59. The summed E-state index contributed by atoms with van der Waals surface area (Å²) < 4.78 is 28.0. The molecular formula is C10H19NO3S. The normalized spacial score (nSPS) is 20.9. The third-order valence-corrected chi connectivity index (χ3v) is 4.14. The van der Waals surface area contributed by atoms with Crippen LogP contribution in [-0.2, 0) is 14.8 Å². The Bertz CT molecular complexity index is 309. The van der Waals surface area contributed by atoms with E-state index in [0.29, 0.717) is 18.8 Å². The minimum absolute atomic E-state index is 0.363. The van der Waals surface area contributed by atoms with Crippen LogP contribution in [-0.4, -0.2) is 26.9 Å². The monoisotopic (exact) mass is 233 g/mol. The molecule has 1 fully saturated rings. The molecule has 0 aromatic rings. The minimum Gasteiger partial charge on any atom is -0.380 e. The van der Waals surface area contributed by atoms with Gasteiger partial charge < -0.3 is 4.74 Å². The molecule has 2 N–H and O–H groups in total. The Balaban J connectivity index is 2.71. The molecule has 0 heterocycles. The van der Waals surface area contributed by atoms with E-state index in [1.54, 1.807) is 6.08 Å². The summed E-state index contributed by atoms with van der Waals surface area (Å²) >= 11 is 0. The summed E-state index contributed by atoms with van der Waals surface area (Å²) in [6, 6.07) is 0. The molecule has 0 bridgehead atoms. The number of nitrogens with two attached hydrogens (primary N) is 1. The molecule has 1 aliphatic rings. The Labute approximate surface area is 91.5 Å². The Morgan fingerprint density at radius 1 is 1.60 bits per heavy atom. The van der Waals surface area contributed by atoms with Crippen molar-refractivity contribution >= 4 is 10.0 Å². The molecule has 1 rings (SSSR count). The lowest BCUT2D eigenvalue weighted by Gasteiger charge is -2.23. The summed E-state index contributed by atoms with van der Waals surface area (Å²) in [5.41, 5.74) is 0. The van der Waals surface area contributed by atoms with Crippen LogP contribution in [0.15, 0.2) is 12.7 Å². The Morgan fingerprint density at radius 2 is 2.20 bits per heavy atom. The molecule has 2 atom stereocenters. The van der Waals surface area contributed by atoms with E-state index in [9.17, 15) is 8.42 Å². The second-order valence-corrected chi connectivity index (χ2v) is 5.89. The molecule has 15 heavy (non-hydrogen) atoms. The van der Waals surface area contributed by atoms with Gasteiger partial charge in [-0.25, -0.2) is 13.6 Å². The Hall–Kier alpha value is -0.390. The molecule has 5 heteroatoms. The van der Waals surface area contributed by atoms with E-state index in [1.165, 1.54) is 7.11 Å². The summed E-state index contributed by atoms with van der Waals surface area (Å²) in [5.74, 6) is 0.510. The molecule has 1 aliphatic carbocycles. The highest BCUT2D eigenvalue weighted by Crippen LogP contribution is 2.36. The highest BCUT2D eigenvalue weighted by Gasteiger charge is 2.36. The van der Waals surface area contributed by atoms with Crippen LogP contribution < -0.4 is 5.14 Å². The zero-order valence-electron chi connectivity index (χ0n) is 9.06. The molecule has 0 amide bonds. The van der Waals surface area contributed by atoms with Gasteiger partial charge in [0.1, 0.15) is 5.25 Å². The second kappa shape index (κ2) is 5.09. The number of ether oxygens (including phenoxy) is 1. The minimum atomic E-state index is -3.53. The first-order valence-corrected chi connectivity index (χ1v) is 6.75. The lowest BCUT2D eigenvalue weighted by Crippen LogP contribution is -2.39. The quantitative estimate of drug-likeness (QED) is 0.668. The van der Waals surface area contributed by atoms with Gasteiger partial charge in [-0.1, -0.05) is 18.9 Å². The van der Waals surface area contributed by atoms with Crippen LogP contribution in [0.2, 0.25) is 0 Å². The van der Waals surface area contributed by atoms with E-state index < -0.39 is 15.3 Å². The van der Waals surface area contributed by atoms with Gasteiger partial charge in [0.25, 0.3) is 0 Å². The molecule has 1 saturated carbocycles. The van der Waals surface area contributed by atoms with Crippen molar-refractivity contribution in [2.24, 2.45) is 11.1 Å². The maximum Gasteiger partial charge on any atom is 0.214 e. The lowest BCUT2D eigenvalue weighted by atomic mass is 10.1. The summed E-state index contributed by atoms with van der Waals surface area (Å²) in [4.78, 5) is 0. The number of primary sulfonamides is 1. The van der Waals surface area contributed by atoms with Crippen LogP contribution >= 0.6 is 0 Å². The summed E-state index contributed by atoms with van der Waals surface area (Å²) in [6.07, 6.45) is 4.65. The van der Waals surface area contributed by atoms with Crippen molar-refractivity contribution in [3.05, 3.63) is 12.7 Å². The molecule has 0 spiro atoms. The highest BCUT2D eigenvalue weighted by molar-refractivity contribution is 7.89. The predicted molar refractivity (Wildman–Crippen MR) is 59.8 cm³/mol. The third-order valence-electron chi connectivity index (χ3n) is 2.80. The van der Waals surface area contributed by atoms with Crippen molar-refractivity contribution in [2.75, 3.05) is 7.11 Å². The van der Waals surface area contributed by atoms with E-state index >= 15 is 0 Å². The van der Waals surface area contributed by atoms with Crippen molar-refractivity contribution < 1.29 is 13.2 Å². The average Bonchev–Trinajstić information content (AvgIpc) is 2.93. The maximum absolute atomic E-state index is 11.4. The van der Waals surface area contributed by atoms with E-state index in [-0.39, 0.29) is 6.10 Å². The SMILES string of the molecule is C=CC[C@H](OC)[C@H](CC1CC1)S(N)(=O)=O. The standard InChI is InChI=1S/C10H19NO3S/c1-3-4-9(14-2)10(15(11,12)13)7-8-5-6-8/h3,8-10H,1,4-7H2,2H3,(H2,11,12,13)/t9-,10-/m0/s1. The van der Waals surface area contributed by atoms with Gasteiger partial charge in [-0.3, -0.25) is 0 Å². The number of hydrogen-bond donors (Lipinski definition) is 1. The van der Waals surface area contributed by atoms with Gasteiger partial charge >= 0.3 is 0 Å². The Morgan fingerprint density at radius 3 is 2.53 bits per heavy atom. The van der Waals surface area contributed by atoms with E-state index in [2.05, 4.69) is 6.58 Å². The van der Waals surface area contributed by atoms with Crippen molar-refractivity contribution in [3.63, 3.8) is 0 Å². The molecule has 0 aromatic heterocycles. The van der Waals surface area contributed by atoms with Crippen molar-refractivity contribution in [1.29, 1.82) is 0 Å². The molecule has 0 saturated heterocycles. The van der Waals surface area contributed by atoms with E-state index in [4.69, 9.17) is 9.88 Å². The smallest absolute Gasteiger partial charge is 0.214 e. The van der Waals surface area contributed by atoms with Gasteiger partial charge in [0.15, 0.2) is 0 Å². The molecule has 0 aromatic carbocycles. The highest BCUT2D eigenvalue weighted by atomic mass is 32.2. The number of sulfonamides is 1. The first-order chi connectivity index (χ1) is 6.99. The first-order valence-electron chi connectivity index (χ1n) is 5.14. The zero-order valence-corrected chi connectivity index (χ0v) is 9.87. The van der Waals surface area contributed by atoms with Gasteiger partial charge in [-0.2, -0.15) is 0 Å². The largest absolute Gasteiger partial charge is 0.380 e. The number of hydrogen-bond acceptors (Lipinski definition) is 3. The van der Waals surface area contributed by atoms with Crippen LogP contribution in [0.4, 0.5) is 0 Å². The first kappa shape index (κ1) is 12.7. The molecule has 4 nitrogen and oxygen atoms in total. The fraction of sp³-hybridized carbons (Fsp3) is 0.800. The Kier molecular flexibility index (Phi) is 4.31. The van der Waals surface area contributed by atoms with Gasteiger partial charge in [0.2, 0.25) is 10.0 Å². The van der Waals surface area contributed by atoms with Crippen molar-refractivity contribution in [3.8, 4) is 0 Å².